The van der Waals surface area contributed by atoms with Gasteiger partial charge in [-0.25, -0.2) is 13.2 Å². The van der Waals surface area contributed by atoms with Crippen molar-refractivity contribution < 1.29 is 17.9 Å². The fourth-order valence-corrected chi connectivity index (χ4v) is 3.70. The summed E-state index contributed by atoms with van der Waals surface area (Å²) in [6.45, 7) is 4.78. The van der Waals surface area contributed by atoms with Crippen molar-refractivity contribution in [2.45, 2.75) is 58.5 Å². The molecule has 27 heavy (non-hydrogen) atoms. The lowest BCUT2D eigenvalue weighted by atomic mass is 9.92. The van der Waals surface area contributed by atoms with E-state index in [2.05, 4.69) is 6.92 Å². The van der Waals surface area contributed by atoms with Gasteiger partial charge in [-0.15, -0.1) is 0 Å². The first-order valence-corrected chi connectivity index (χ1v) is 9.93. The molecule has 0 spiro atoms. The Bertz CT molecular complexity index is 779. The highest BCUT2D eigenvalue weighted by Gasteiger charge is 2.24. The summed E-state index contributed by atoms with van der Waals surface area (Å²) < 4.78 is 49.3. The summed E-state index contributed by atoms with van der Waals surface area (Å²) in [4.78, 5) is 0. The number of hydrogen-bond acceptors (Lipinski definition) is 1. The van der Waals surface area contributed by atoms with Gasteiger partial charge in [0, 0.05) is 11.1 Å². The van der Waals surface area contributed by atoms with Gasteiger partial charge in [0.15, 0.2) is 11.6 Å². The van der Waals surface area contributed by atoms with Crippen molar-refractivity contribution in [2.24, 2.45) is 5.92 Å². The molecule has 0 N–H and O–H groups in total. The van der Waals surface area contributed by atoms with Gasteiger partial charge >= 0.3 is 0 Å². The first kappa shape index (κ1) is 19.9. The maximum atomic E-state index is 14.7. The summed E-state index contributed by atoms with van der Waals surface area (Å²) in [6.07, 6.45) is 4.82. The van der Waals surface area contributed by atoms with Crippen LogP contribution >= 0.6 is 0 Å². The van der Waals surface area contributed by atoms with Gasteiger partial charge in [-0.2, -0.15) is 0 Å². The molecule has 0 saturated carbocycles. The van der Waals surface area contributed by atoms with E-state index in [0.717, 1.165) is 32.1 Å². The molecule has 1 nitrogen and oxygen atoms in total. The molecule has 2 unspecified atom stereocenters. The Morgan fingerprint density at radius 3 is 2.44 bits per heavy atom. The van der Waals surface area contributed by atoms with E-state index >= 15 is 0 Å². The second-order valence-corrected chi connectivity index (χ2v) is 7.41. The molecule has 2 aromatic rings. The fourth-order valence-electron chi connectivity index (χ4n) is 3.70. The van der Waals surface area contributed by atoms with Gasteiger partial charge in [-0.05, 0) is 48.8 Å². The summed E-state index contributed by atoms with van der Waals surface area (Å²) in [5.41, 5.74) is 1.30. The van der Waals surface area contributed by atoms with E-state index in [9.17, 15) is 13.2 Å². The number of halogens is 3. The Balaban J connectivity index is 1.82. The van der Waals surface area contributed by atoms with E-state index < -0.39 is 17.5 Å². The number of hydrogen-bond donors (Lipinski definition) is 0. The maximum Gasteiger partial charge on any atom is 0.166 e. The van der Waals surface area contributed by atoms with Crippen molar-refractivity contribution in [3.63, 3.8) is 0 Å². The van der Waals surface area contributed by atoms with Crippen LogP contribution in [-0.2, 0) is 11.2 Å². The van der Waals surface area contributed by atoms with Crippen LogP contribution in [0.4, 0.5) is 13.2 Å². The zero-order valence-electron chi connectivity index (χ0n) is 16.0. The van der Waals surface area contributed by atoms with Gasteiger partial charge in [0.25, 0.3) is 0 Å². The third-order valence-corrected chi connectivity index (χ3v) is 5.57. The second-order valence-electron chi connectivity index (χ2n) is 7.41. The number of benzene rings is 2. The average molecular weight is 376 g/mol. The Labute approximate surface area is 159 Å². The monoisotopic (exact) mass is 376 g/mol. The predicted octanol–water partition coefficient (Wildman–Crippen LogP) is 6.99. The van der Waals surface area contributed by atoms with Crippen molar-refractivity contribution >= 4 is 0 Å². The first-order chi connectivity index (χ1) is 13.0. The molecule has 1 aliphatic rings. The van der Waals surface area contributed by atoms with Crippen molar-refractivity contribution in [1.82, 2.24) is 0 Å². The summed E-state index contributed by atoms with van der Waals surface area (Å²) in [7, 11) is 0. The third-order valence-electron chi connectivity index (χ3n) is 5.57. The van der Waals surface area contributed by atoms with Crippen LogP contribution < -0.4 is 0 Å². The Hall–Kier alpha value is -1.81. The minimum atomic E-state index is -0.907. The molecule has 0 aliphatic carbocycles. The highest BCUT2D eigenvalue weighted by molar-refractivity contribution is 5.65. The number of rotatable bonds is 6. The lowest BCUT2D eigenvalue weighted by Gasteiger charge is -2.29. The van der Waals surface area contributed by atoms with E-state index in [-0.39, 0.29) is 11.7 Å². The number of ether oxygens (including phenoxy) is 1. The summed E-state index contributed by atoms with van der Waals surface area (Å²) in [5, 5.41) is 0. The van der Waals surface area contributed by atoms with Crippen LogP contribution in [-0.4, -0.2) is 6.61 Å². The van der Waals surface area contributed by atoms with E-state index in [4.69, 9.17) is 4.74 Å². The molecular weight excluding hydrogens is 349 g/mol. The summed E-state index contributed by atoms with van der Waals surface area (Å²) in [5.74, 6) is -1.63. The third kappa shape index (κ3) is 4.37. The van der Waals surface area contributed by atoms with Crippen LogP contribution in [0.1, 0.15) is 63.2 Å². The molecule has 1 fully saturated rings. The maximum absolute atomic E-state index is 14.7. The molecule has 0 amide bonds. The standard InChI is InChI=1S/C23H27F3O/c1-3-5-6-16-8-10-18(23(26)22(16)25)17-9-11-19(20(24)13-17)21-12-7-15(4-2)14-27-21/h8-11,13,15,21H,3-7,12,14H2,1-2H3. The largest absolute Gasteiger partial charge is 0.373 e. The zero-order chi connectivity index (χ0) is 19.4. The lowest BCUT2D eigenvalue weighted by Crippen LogP contribution is -2.20. The van der Waals surface area contributed by atoms with Crippen LogP contribution in [0.3, 0.4) is 0 Å². The fraction of sp³-hybridized carbons (Fsp3) is 0.478. The van der Waals surface area contributed by atoms with Crippen LogP contribution in [0.15, 0.2) is 30.3 Å². The SMILES string of the molecule is CCCCc1ccc(-c2ccc(C3CCC(CC)CO3)c(F)c2)c(F)c1F. The Kier molecular flexibility index (Phi) is 6.59. The normalized spacial score (nSPS) is 20.0. The first-order valence-electron chi connectivity index (χ1n) is 9.93. The number of unbranched alkanes of at least 4 members (excludes halogenated alkanes) is 1. The second kappa shape index (κ2) is 8.92. The molecule has 1 saturated heterocycles. The van der Waals surface area contributed by atoms with Crippen LogP contribution in [0, 0.1) is 23.4 Å². The van der Waals surface area contributed by atoms with Crippen molar-refractivity contribution in [2.75, 3.05) is 6.61 Å². The van der Waals surface area contributed by atoms with E-state index in [1.54, 1.807) is 24.3 Å². The smallest absolute Gasteiger partial charge is 0.166 e. The van der Waals surface area contributed by atoms with Gasteiger partial charge in [0.2, 0.25) is 0 Å². The van der Waals surface area contributed by atoms with Gasteiger partial charge in [-0.1, -0.05) is 51.0 Å². The van der Waals surface area contributed by atoms with Crippen LogP contribution in [0.2, 0.25) is 0 Å². The van der Waals surface area contributed by atoms with E-state index in [1.165, 1.54) is 6.07 Å². The highest BCUT2D eigenvalue weighted by Crippen LogP contribution is 2.35. The molecular formula is C23H27F3O. The minimum Gasteiger partial charge on any atom is -0.373 e. The molecule has 4 heteroatoms. The average Bonchev–Trinajstić information content (AvgIpc) is 2.69. The molecule has 1 heterocycles. The minimum absolute atomic E-state index is 0.0915. The van der Waals surface area contributed by atoms with Gasteiger partial charge < -0.3 is 4.74 Å². The van der Waals surface area contributed by atoms with Gasteiger partial charge in [0.05, 0.1) is 12.7 Å². The van der Waals surface area contributed by atoms with Crippen molar-refractivity contribution in [3.05, 3.63) is 58.9 Å². The Morgan fingerprint density at radius 1 is 1.00 bits per heavy atom. The van der Waals surface area contributed by atoms with Crippen LogP contribution in [0.25, 0.3) is 11.1 Å². The van der Waals surface area contributed by atoms with Crippen molar-refractivity contribution in [3.8, 4) is 11.1 Å². The number of aryl methyl sites for hydroxylation is 1. The molecule has 2 atom stereocenters. The molecule has 3 rings (SSSR count). The molecule has 0 radical (unpaired) electrons. The quantitative estimate of drug-likeness (QED) is 0.528. The molecule has 1 aliphatic heterocycles. The topological polar surface area (TPSA) is 9.23 Å². The predicted molar refractivity (Wildman–Crippen MR) is 102 cm³/mol. The van der Waals surface area contributed by atoms with Gasteiger partial charge in [0.1, 0.15) is 5.82 Å². The Morgan fingerprint density at radius 2 is 1.81 bits per heavy atom. The molecule has 2 aromatic carbocycles. The molecule has 0 aromatic heterocycles. The van der Waals surface area contributed by atoms with Crippen LogP contribution in [0.5, 0.6) is 0 Å². The summed E-state index contributed by atoms with van der Waals surface area (Å²) >= 11 is 0. The molecule has 0 bridgehead atoms. The summed E-state index contributed by atoms with van der Waals surface area (Å²) in [6, 6.07) is 7.72. The molecule has 146 valence electrons. The van der Waals surface area contributed by atoms with E-state index in [1.807, 2.05) is 6.92 Å². The van der Waals surface area contributed by atoms with E-state index in [0.29, 0.717) is 35.6 Å². The highest BCUT2D eigenvalue weighted by atomic mass is 19.2. The lowest BCUT2D eigenvalue weighted by molar-refractivity contribution is -0.0198. The van der Waals surface area contributed by atoms with Crippen molar-refractivity contribution in [1.29, 1.82) is 0 Å². The zero-order valence-corrected chi connectivity index (χ0v) is 16.0. The van der Waals surface area contributed by atoms with Gasteiger partial charge in [-0.3, -0.25) is 0 Å².